The monoisotopic (exact) mass is 269 g/mol. The number of aryl methyl sites for hydroxylation is 1. The Hall–Kier alpha value is -1.32. The molecule has 0 amide bonds. The lowest BCUT2D eigenvalue weighted by molar-refractivity contribution is 0.108. The van der Waals surface area contributed by atoms with E-state index in [1.807, 2.05) is 13.0 Å². The summed E-state index contributed by atoms with van der Waals surface area (Å²) in [6, 6.07) is 7.10. The number of nitrogens with zero attached hydrogens (tertiary/aromatic N) is 1. The molecule has 0 saturated heterocycles. The van der Waals surface area contributed by atoms with Crippen molar-refractivity contribution in [2.24, 2.45) is 0 Å². The quantitative estimate of drug-likeness (QED) is 0.793. The molecule has 0 unspecified atom stereocenters. The molecule has 3 nitrogen and oxygen atoms in total. The summed E-state index contributed by atoms with van der Waals surface area (Å²) in [6.45, 7) is 1.86. The Morgan fingerprint density at radius 1 is 1.41 bits per heavy atom. The van der Waals surface area contributed by atoms with Crippen LogP contribution in [0.25, 0.3) is 11.3 Å². The van der Waals surface area contributed by atoms with Crippen LogP contribution in [0.4, 0.5) is 0 Å². The molecule has 88 valence electrons. The van der Waals surface area contributed by atoms with Crippen molar-refractivity contribution in [1.29, 1.82) is 0 Å². The van der Waals surface area contributed by atoms with Crippen LogP contribution < -0.4 is 0 Å². The third-order valence-electron chi connectivity index (χ3n) is 2.41. The molecule has 0 bridgehead atoms. The number of benzene rings is 1. The van der Waals surface area contributed by atoms with E-state index in [0.717, 1.165) is 0 Å². The summed E-state index contributed by atoms with van der Waals surface area (Å²) in [5, 5.41) is 3.79. The predicted octanol–water partition coefficient (Wildman–Crippen LogP) is 3.94. The molecule has 0 aliphatic carbocycles. The average Bonchev–Trinajstić information content (AvgIpc) is 2.73. The minimum Gasteiger partial charge on any atom is -0.360 e. The van der Waals surface area contributed by atoms with Gasteiger partial charge >= 0.3 is 0 Å². The van der Waals surface area contributed by atoms with Crippen molar-refractivity contribution in [1.82, 2.24) is 5.16 Å². The second-order valence-electron chi connectivity index (χ2n) is 3.44. The molecule has 2 aromatic rings. The Kier molecular flexibility index (Phi) is 3.50. The molecule has 0 spiro atoms. The number of hydrogen-bond acceptors (Lipinski definition) is 3. The summed E-state index contributed by atoms with van der Waals surface area (Å²) in [4.78, 5) is 11.4. The van der Waals surface area contributed by atoms with Crippen LogP contribution in [0.3, 0.4) is 0 Å². The van der Waals surface area contributed by atoms with E-state index in [9.17, 15) is 4.79 Å². The predicted molar refractivity (Wildman–Crippen MR) is 66.5 cm³/mol. The van der Waals surface area contributed by atoms with Crippen molar-refractivity contribution in [3.05, 3.63) is 40.6 Å². The topological polar surface area (TPSA) is 43.1 Å². The smallest absolute Gasteiger partial charge is 0.258 e. The first-order chi connectivity index (χ1) is 8.15. The zero-order chi connectivity index (χ0) is 12.4. The normalized spacial score (nSPS) is 10.5. The van der Waals surface area contributed by atoms with Crippen LogP contribution in [-0.4, -0.2) is 10.4 Å². The van der Waals surface area contributed by atoms with E-state index in [2.05, 4.69) is 5.16 Å². The molecule has 0 radical (unpaired) electrons. The summed E-state index contributed by atoms with van der Waals surface area (Å²) in [5.74, 6) is 0.472. The first-order valence-corrected chi connectivity index (χ1v) is 5.84. The Morgan fingerprint density at radius 3 is 2.71 bits per heavy atom. The van der Waals surface area contributed by atoms with Gasteiger partial charge in [-0.05, 0) is 17.7 Å². The third kappa shape index (κ3) is 2.21. The Balaban J connectivity index is 2.64. The molecule has 0 aliphatic rings. The lowest BCUT2D eigenvalue weighted by Gasteiger charge is -2.00. The summed E-state index contributed by atoms with van der Waals surface area (Å²) in [7, 11) is 0. The van der Waals surface area contributed by atoms with Crippen molar-refractivity contribution < 1.29 is 9.32 Å². The highest BCUT2D eigenvalue weighted by Crippen LogP contribution is 2.32. The van der Waals surface area contributed by atoms with Crippen LogP contribution >= 0.6 is 23.2 Å². The van der Waals surface area contributed by atoms with E-state index >= 15 is 0 Å². The van der Waals surface area contributed by atoms with Gasteiger partial charge in [0.1, 0.15) is 17.0 Å². The summed E-state index contributed by atoms with van der Waals surface area (Å²) in [5.41, 5.74) is 1.33. The number of aromatic nitrogens is 1. The van der Waals surface area contributed by atoms with E-state index in [-0.39, 0.29) is 0 Å². The fourth-order valence-electron chi connectivity index (χ4n) is 1.61. The van der Waals surface area contributed by atoms with Crippen LogP contribution in [0.5, 0.6) is 0 Å². The molecular weight excluding hydrogens is 261 g/mol. The fraction of sp³-hybridized carbons (Fsp3) is 0.167. The number of rotatable bonds is 3. The molecule has 0 atom stereocenters. The number of carbonyl (C=O) groups excluding carboxylic acids is 1. The fourth-order valence-corrected chi connectivity index (χ4v) is 2.03. The van der Waals surface area contributed by atoms with Crippen molar-refractivity contribution >= 4 is 28.4 Å². The average molecular weight is 270 g/mol. The van der Waals surface area contributed by atoms with Crippen LogP contribution in [0.2, 0.25) is 5.02 Å². The molecule has 2 rings (SSSR count). The van der Waals surface area contributed by atoms with Crippen molar-refractivity contribution in [3.8, 4) is 11.3 Å². The van der Waals surface area contributed by atoms with Gasteiger partial charge in [-0.15, -0.1) is 0 Å². The molecule has 1 aromatic heterocycles. The van der Waals surface area contributed by atoms with E-state index in [0.29, 0.717) is 34.0 Å². The lowest BCUT2D eigenvalue weighted by atomic mass is 10.1. The maximum Gasteiger partial charge on any atom is 0.258 e. The van der Waals surface area contributed by atoms with Gasteiger partial charge in [0.2, 0.25) is 0 Å². The van der Waals surface area contributed by atoms with Crippen LogP contribution in [0, 0.1) is 0 Å². The molecule has 0 saturated carbocycles. The Labute approximate surface area is 108 Å². The van der Waals surface area contributed by atoms with E-state index < -0.39 is 5.24 Å². The van der Waals surface area contributed by atoms with Crippen LogP contribution in [0.1, 0.15) is 23.0 Å². The van der Waals surface area contributed by atoms with Gasteiger partial charge in [-0.2, -0.15) is 0 Å². The highest BCUT2D eigenvalue weighted by atomic mass is 35.5. The number of hydrogen-bond donors (Lipinski definition) is 0. The minimum atomic E-state index is -0.585. The summed E-state index contributed by atoms with van der Waals surface area (Å²) in [6.07, 6.45) is 0.547. The molecule has 0 aliphatic heterocycles. The Bertz CT molecular complexity index is 563. The molecular formula is C12H9Cl2NO2. The number of carbonyl (C=O) groups is 1. The van der Waals surface area contributed by atoms with E-state index in [1.165, 1.54) is 0 Å². The van der Waals surface area contributed by atoms with Crippen LogP contribution in [0.15, 0.2) is 28.8 Å². The van der Waals surface area contributed by atoms with Crippen molar-refractivity contribution in [2.45, 2.75) is 13.3 Å². The first kappa shape index (κ1) is 12.1. The molecule has 0 N–H and O–H groups in total. The van der Waals surface area contributed by atoms with Gasteiger partial charge in [-0.3, -0.25) is 4.79 Å². The highest BCUT2D eigenvalue weighted by molar-refractivity contribution is 6.68. The molecule has 1 heterocycles. The zero-order valence-electron chi connectivity index (χ0n) is 9.04. The standard InChI is InChI=1S/C12H9Cl2NO2/c1-2-9-10(12(14)16)11(15-17-9)7-5-3-4-6-8(7)13/h3-6H,2H2,1H3. The number of halogens is 2. The zero-order valence-corrected chi connectivity index (χ0v) is 10.5. The second kappa shape index (κ2) is 4.90. The van der Waals surface area contributed by atoms with Gasteiger partial charge in [-0.1, -0.05) is 41.9 Å². The van der Waals surface area contributed by atoms with Crippen molar-refractivity contribution in [3.63, 3.8) is 0 Å². The van der Waals surface area contributed by atoms with Gasteiger partial charge in [0.05, 0.1) is 5.02 Å². The Morgan fingerprint density at radius 2 is 2.12 bits per heavy atom. The maximum absolute atomic E-state index is 11.4. The molecule has 17 heavy (non-hydrogen) atoms. The maximum atomic E-state index is 11.4. The van der Waals surface area contributed by atoms with Gasteiger partial charge in [0.25, 0.3) is 5.24 Å². The second-order valence-corrected chi connectivity index (χ2v) is 4.19. The minimum absolute atomic E-state index is 0.294. The summed E-state index contributed by atoms with van der Waals surface area (Å²) < 4.78 is 5.10. The van der Waals surface area contributed by atoms with Gasteiger partial charge in [-0.25, -0.2) is 0 Å². The molecule has 1 aromatic carbocycles. The largest absolute Gasteiger partial charge is 0.360 e. The third-order valence-corrected chi connectivity index (χ3v) is 2.93. The highest BCUT2D eigenvalue weighted by Gasteiger charge is 2.22. The van der Waals surface area contributed by atoms with E-state index in [1.54, 1.807) is 18.2 Å². The van der Waals surface area contributed by atoms with E-state index in [4.69, 9.17) is 27.7 Å². The summed E-state index contributed by atoms with van der Waals surface area (Å²) >= 11 is 11.6. The first-order valence-electron chi connectivity index (χ1n) is 5.08. The van der Waals surface area contributed by atoms with Crippen molar-refractivity contribution in [2.75, 3.05) is 0 Å². The van der Waals surface area contributed by atoms with Crippen LogP contribution in [-0.2, 0) is 6.42 Å². The van der Waals surface area contributed by atoms with Gasteiger partial charge < -0.3 is 4.52 Å². The molecule has 5 heteroatoms. The van der Waals surface area contributed by atoms with Gasteiger partial charge in [0, 0.05) is 12.0 Å². The lowest BCUT2D eigenvalue weighted by Crippen LogP contribution is -1.95. The SMILES string of the molecule is CCc1onc(-c2ccccc2Cl)c1C(=O)Cl. The molecule has 0 fully saturated rings. The van der Waals surface area contributed by atoms with Gasteiger partial charge in [0.15, 0.2) is 0 Å².